The van der Waals surface area contributed by atoms with Crippen LogP contribution in [0.15, 0.2) is 24.3 Å². The smallest absolute Gasteiger partial charge is 0.248 e. The van der Waals surface area contributed by atoms with Crippen molar-refractivity contribution in [3.8, 4) is 5.75 Å². The van der Waals surface area contributed by atoms with Crippen LogP contribution in [0.2, 0.25) is 0 Å². The Hall–Kier alpha value is -1.79. The van der Waals surface area contributed by atoms with Gasteiger partial charge in [0.25, 0.3) is 0 Å². The van der Waals surface area contributed by atoms with Gasteiger partial charge in [-0.05, 0) is 30.5 Å². The second kappa shape index (κ2) is 10.9. The summed E-state index contributed by atoms with van der Waals surface area (Å²) in [6, 6.07) is 6.70. The Balaban J connectivity index is 0.00000529. The first kappa shape index (κ1) is 22.2. The molecule has 0 aliphatic rings. The highest BCUT2D eigenvalue weighted by atomic mass is 35.5. The minimum atomic E-state index is -0.507. The Morgan fingerprint density at radius 3 is 2.54 bits per heavy atom. The molecule has 24 heavy (non-hydrogen) atoms. The monoisotopic (exact) mass is 357 g/mol. The van der Waals surface area contributed by atoms with E-state index in [-0.39, 0.29) is 37.4 Å². The van der Waals surface area contributed by atoms with Crippen molar-refractivity contribution in [2.45, 2.75) is 32.7 Å². The summed E-state index contributed by atoms with van der Waals surface area (Å²) in [5.74, 6) is 0.428. The lowest BCUT2D eigenvalue weighted by molar-refractivity contribution is -0.130. The number of nitrogens with two attached hydrogens (primary N) is 2. The highest BCUT2D eigenvalue weighted by molar-refractivity contribution is 5.93. The van der Waals surface area contributed by atoms with Crippen LogP contribution < -0.4 is 16.2 Å². The lowest BCUT2D eigenvalue weighted by atomic mass is 10.0. The predicted octanol–water partition coefficient (Wildman–Crippen LogP) is 1.81. The first-order valence-corrected chi connectivity index (χ1v) is 7.83. The van der Waals surface area contributed by atoms with E-state index in [0.717, 1.165) is 6.42 Å². The Kier molecular flexibility index (Phi) is 10.1. The van der Waals surface area contributed by atoms with Crippen molar-refractivity contribution in [1.82, 2.24) is 4.90 Å². The first-order valence-electron chi connectivity index (χ1n) is 7.83. The zero-order valence-electron chi connectivity index (χ0n) is 14.5. The molecule has 1 atom stereocenters. The molecule has 0 aromatic heterocycles. The summed E-state index contributed by atoms with van der Waals surface area (Å²) in [5.41, 5.74) is 11.6. The number of hydrogen-bond donors (Lipinski definition) is 2. The normalized spacial score (nSPS) is 11.5. The number of amides is 2. The van der Waals surface area contributed by atoms with Gasteiger partial charge >= 0.3 is 0 Å². The van der Waals surface area contributed by atoms with E-state index in [1.54, 1.807) is 36.2 Å². The Bertz CT molecular complexity index is 538. The SMILES string of the molecule is CC(C)C(N)CCN(C)C(=O)CCOc1cccc(C(N)=O)c1.Cl. The molecule has 1 aromatic carbocycles. The molecule has 0 saturated heterocycles. The fraction of sp³-hybridized carbons (Fsp3) is 0.529. The van der Waals surface area contributed by atoms with Crippen LogP contribution in [-0.2, 0) is 4.79 Å². The minimum Gasteiger partial charge on any atom is -0.493 e. The molecule has 1 unspecified atom stereocenters. The van der Waals surface area contributed by atoms with Crippen molar-refractivity contribution in [1.29, 1.82) is 0 Å². The number of benzene rings is 1. The first-order chi connectivity index (χ1) is 10.8. The maximum Gasteiger partial charge on any atom is 0.248 e. The zero-order valence-corrected chi connectivity index (χ0v) is 15.3. The minimum absolute atomic E-state index is 0. The Labute approximate surface area is 149 Å². The van der Waals surface area contributed by atoms with Gasteiger partial charge in [-0.2, -0.15) is 0 Å². The van der Waals surface area contributed by atoms with E-state index >= 15 is 0 Å². The van der Waals surface area contributed by atoms with Crippen molar-refractivity contribution >= 4 is 24.2 Å². The molecule has 4 N–H and O–H groups in total. The predicted molar refractivity (Wildman–Crippen MR) is 97.4 cm³/mol. The summed E-state index contributed by atoms with van der Waals surface area (Å²) in [6.07, 6.45) is 1.05. The van der Waals surface area contributed by atoms with Crippen LogP contribution in [0.5, 0.6) is 5.75 Å². The highest BCUT2D eigenvalue weighted by Crippen LogP contribution is 2.13. The van der Waals surface area contributed by atoms with Gasteiger partial charge in [0.15, 0.2) is 0 Å². The summed E-state index contributed by atoms with van der Waals surface area (Å²) >= 11 is 0. The number of hydrogen-bond acceptors (Lipinski definition) is 4. The van der Waals surface area contributed by atoms with Gasteiger partial charge in [0, 0.05) is 25.2 Å². The van der Waals surface area contributed by atoms with Crippen LogP contribution >= 0.6 is 12.4 Å². The Morgan fingerprint density at radius 2 is 1.96 bits per heavy atom. The quantitative estimate of drug-likeness (QED) is 0.704. The van der Waals surface area contributed by atoms with Crippen LogP contribution in [0.3, 0.4) is 0 Å². The third-order valence-electron chi connectivity index (χ3n) is 3.78. The summed E-state index contributed by atoms with van der Waals surface area (Å²) in [6.45, 7) is 5.03. The van der Waals surface area contributed by atoms with Gasteiger partial charge in [0.2, 0.25) is 11.8 Å². The van der Waals surface area contributed by atoms with Crippen LogP contribution in [-0.4, -0.2) is 43.0 Å². The molecule has 0 bridgehead atoms. The molecule has 0 spiro atoms. The average molecular weight is 358 g/mol. The van der Waals surface area contributed by atoms with E-state index in [1.807, 2.05) is 0 Å². The molecular weight excluding hydrogens is 330 g/mol. The van der Waals surface area contributed by atoms with Crippen molar-refractivity contribution < 1.29 is 14.3 Å². The van der Waals surface area contributed by atoms with E-state index in [1.165, 1.54) is 0 Å². The van der Waals surface area contributed by atoms with E-state index in [4.69, 9.17) is 16.2 Å². The molecule has 0 radical (unpaired) electrons. The van der Waals surface area contributed by atoms with Crippen molar-refractivity contribution in [3.63, 3.8) is 0 Å². The molecular formula is C17H28ClN3O3. The maximum atomic E-state index is 12.0. The number of halogens is 1. The maximum absolute atomic E-state index is 12.0. The van der Waals surface area contributed by atoms with Gasteiger partial charge in [0.1, 0.15) is 5.75 Å². The standard InChI is InChI=1S/C17H27N3O3.ClH/c1-12(2)15(18)7-9-20(3)16(21)8-10-23-14-6-4-5-13(11-14)17(19)22;/h4-6,11-12,15H,7-10,18H2,1-3H3,(H2,19,22);1H. The molecule has 7 heteroatoms. The fourth-order valence-electron chi connectivity index (χ4n) is 1.99. The summed E-state index contributed by atoms with van der Waals surface area (Å²) < 4.78 is 5.50. The van der Waals surface area contributed by atoms with Crippen LogP contribution in [0.1, 0.15) is 37.0 Å². The molecule has 1 aromatic rings. The number of primary amides is 1. The zero-order chi connectivity index (χ0) is 17.4. The summed E-state index contributed by atoms with van der Waals surface area (Å²) in [7, 11) is 1.77. The molecule has 0 saturated carbocycles. The topological polar surface area (TPSA) is 98.7 Å². The van der Waals surface area contributed by atoms with E-state index in [0.29, 0.717) is 23.8 Å². The van der Waals surface area contributed by atoms with E-state index in [2.05, 4.69) is 13.8 Å². The fourth-order valence-corrected chi connectivity index (χ4v) is 1.99. The van der Waals surface area contributed by atoms with Crippen molar-refractivity contribution in [2.75, 3.05) is 20.2 Å². The number of carbonyl (C=O) groups excluding carboxylic acids is 2. The summed E-state index contributed by atoms with van der Waals surface area (Å²) in [4.78, 5) is 24.8. The number of rotatable bonds is 9. The van der Waals surface area contributed by atoms with Gasteiger partial charge in [-0.25, -0.2) is 0 Å². The summed E-state index contributed by atoms with van der Waals surface area (Å²) in [5, 5.41) is 0. The van der Waals surface area contributed by atoms with Crippen LogP contribution in [0, 0.1) is 5.92 Å². The Morgan fingerprint density at radius 1 is 1.29 bits per heavy atom. The molecule has 0 heterocycles. The van der Waals surface area contributed by atoms with Crippen molar-refractivity contribution in [3.05, 3.63) is 29.8 Å². The number of carbonyl (C=O) groups is 2. The molecule has 6 nitrogen and oxygen atoms in total. The number of nitrogens with zero attached hydrogens (tertiary/aromatic N) is 1. The lowest BCUT2D eigenvalue weighted by Crippen LogP contribution is -2.35. The third-order valence-corrected chi connectivity index (χ3v) is 3.78. The molecule has 0 aliphatic carbocycles. The van der Waals surface area contributed by atoms with Gasteiger partial charge < -0.3 is 21.1 Å². The molecule has 136 valence electrons. The average Bonchev–Trinajstić information content (AvgIpc) is 2.52. The highest BCUT2D eigenvalue weighted by Gasteiger charge is 2.13. The molecule has 2 amide bonds. The van der Waals surface area contributed by atoms with Gasteiger partial charge in [-0.3, -0.25) is 9.59 Å². The van der Waals surface area contributed by atoms with Gasteiger partial charge in [0.05, 0.1) is 13.0 Å². The van der Waals surface area contributed by atoms with Crippen LogP contribution in [0.4, 0.5) is 0 Å². The number of ether oxygens (including phenoxy) is 1. The molecule has 1 rings (SSSR count). The molecule has 0 aliphatic heterocycles. The van der Waals surface area contributed by atoms with E-state index < -0.39 is 5.91 Å². The van der Waals surface area contributed by atoms with Gasteiger partial charge in [-0.1, -0.05) is 19.9 Å². The van der Waals surface area contributed by atoms with E-state index in [9.17, 15) is 9.59 Å². The van der Waals surface area contributed by atoms with Crippen LogP contribution in [0.25, 0.3) is 0 Å². The van der Waals surface area contributed by atoms with Crippen molar-refractivity contribution in [2.24, 2.45) is 17.4 Å². The second-order valence-electron chi connectivity index (χ2n) is 6.00. The lowest BCUT2D eigenvalue weighted by Gasteiger charge is -2.21. The second-order valence-corrected chi connectivity index (χ2v) is 6.00. The molecule has 0 fully saturated rings. The largest absolute Gasteiger partial charge is 0.493 e. The van der Waals surface area contributed by atoms with Gasteiger partial charge in [-0.15, -0.1) is 12.4 Å². The third kappa shape index (κ3) is 7.66.